The topological polar surface area (TPSA) is 49.8 Å². The van der Waals surface area contributed by atoms with Gasteiger partial charge in [-0.05, 0) is 0 Å². The highest BCUT2D eigenvalue weighted by molar-refractivity contribution is 5.63. The molecular formula is C10H6N2O. The first-order valence-corrected chi connectivity index (χ1v) is 3.82. The smallest absolute Gasteiger partial charge is 0.184 e. The van der Waals surface area contributed by atoms with E-state index in [-0.39, 0.29) is 0 Å². The van der Waals surface area contributed by atoms with Crippen molar-refractivity contribution in [3.05, 3.63) is 42.1 Å². The van der Waals surface area contributed by atoms with Crippen molar-refractivity contribution in [2.24, 2.45) is 0 Å². The van der Waals surface area contributed by atoms with Crippen molar-refractivity contribution in [1.29, 1.82) is 5.26 Å². The van der Waals surface area contributed by atoms with E-state index in [0.717, 1.165) is 5.56 Å². The van der Waals surface area contributed by atoms with E-state index in [9.17, 15) is 0 Å². The van der Waals surface area contributed by atoms with Crippen molar-refractivity contribution in [1.82, 2.24) is 5.16 Å². The van der Waals surface area contributed by atoms with Gasteiger partial charge < -0.3 is 4.52 Å². The Morgan fingerprint density at radius 1 is 1.23 bits per heavy atom. The highest BCUT2D eigenvalue weighted by Crippen LogP contribution is 2.21. The number of hydrogen-bond donors (Lipinski definition) is 0. The van der Waals surface area contributed by atoms with E-state index < -0.39 is 0 Å². The zero-order chi connectivity index (χ0) is 9.10. The first kappa shape index (κ1) is 7.56. The molecule has 0 unspecified atom stereocenters. The van der Waals surface area contributed by atoms with Crippen molar-refractivity contribution >= 4 is 0 Å². The monoisotopic (exact) mass is 170 g/mol. The third kappa shape index (κ3) is 1.30. The Morgan fingerprint density at radius 2 is 2.00 bits per heavy atom. The van der Waals surface area contributed by atoms with Crippen molar-refractivity contribution in [3.63, 3.8) is 0 Å². The zero-order valence-electron chi connectivity index (χ0n) is 6.77. The van der Waals surface area contributed by atoms with Crippen molar-refractivity contribution < 1.29 is 4.52 Å². The summed E-state index contributed by atoms with van der Waals surface area (Å²) in [4.78, 5) is 0. The minimum atomic E-state index is 0.464. The molecule has 0 fully saturated rings. The lowest BCUT2D eigenvalue weighted by Gasteiger charge is -1.93. The molecule has 3 heteroatoms. The fourth-order valence-electron chi connectivity index (χ4n) is 1.12. The molecule has 2 aromatic rings. The summed E-state index contributed by atoms with van der Waals surface area (Å²) in [5.41, 5.74) is 1.34. The second kappa shape index (κ2) is 3.11. The van der Waals surface area contributed by atoms with E-state index in [1.165, 1.54) is 6.20 Å². The van der Waals surface area contributed by atoms with E-state index in [1.807, 2.05) is 36.4 Å². The predicted molar refractivity (Wildman–Crippen MR) is 46.7 cm³/mol. The van der Waals surface area contributed by atoms with Crippen LogP contribution in [0.1, 0.15) is 5.56 Å². The third-order valence-corrected chi connectivity index (χ3v) is 1.73. The van der Waals surface area contributed by atoms with Crippen LogP contribution in [0.3, 0.4) is 0 Å². The minimum Gasteiger partial charge on any atom is -0.355 e. The average Bonchev–Trinajstić information content (AvgIpc) is 2.67. The Hall–Kier alpha value is -2.08. The second-order valence-corrected chi connectivity index (χ2v) is 2.55. The molecule has 0 saturated heterocycles. The Kier molecular flexibility index (Phi) is 1.81. The van der Waals surface area contributed by atoms with E-state index in [2.05, 4.69) is 5.16 Å². The van der Waals surface area contributed by atoms with Gasteiger partial charge in [-0.25, -0.2) is 0 Å². The van der Waals surface area contributed by atoms with Gasteiger partial charge in [0.25, 0.3) is 0 Å². The van der Waals surface area contributed by atoms with Crippen LogP contribution in [-0.4, -0.2) is 5.16 Å². The fraction of sp³-hybridized carbons (Fsp3) is 0. The summed E-state index contributed by atoms with van der Waals surface area (Å²) < 4.78 is 4.97. The molecule has 13 heavy (non-hydrogen) atoms. The van der Waals surface area contributed by atoms with Crippen LogP contribution in [0.15, 0.2) is 41.1 Å². The minimum absolute atomic E-state index is 0.464. The van der Waals surface area contributed by atoms with E-state index in [4.69, 9.17) is 9.78 Å². The van der Waals surface area contributed by atoms with Crippen molar-refractivity contribution in [2.75, 3.05) is 0 Å². The lowest BCUT2D eigenvalue weighted by molar-refractivity contribution is 0.432. The molecule has 0 spiro atoms. The number of aromatic nitrogens is 1. The van der Waals surface area contributed by atoms with Gasteiger partial charge in [-0.2, -0.15) is 5.26 Å². The van der Waals surface area contributed by atoms with Crippen molar-refractivity contribution in [2.45, 2.75) is 0 Å². The predicted octanol–water partition coefficient (Wildman–Crippen LogP) is 2.21. The summed E-state index contributed by atoms with van der Waals surface area (Å²) in [5, 5.41) is 12.3. The number of nitrogens with zero attached hydrogens (tertiary/aromatic N) is 2. The van der Waals surface area contributed by atoms with Crippen LogP contribution in [-0.2, 0) is 0 Å². The normalized spacial score (nSPS) is 9.46. The third-order valence-electron chi connectivity index (χ3n) is 1.73. The van der Waals surface area contributed by atoms with Gasteiger partial charge in [0.2, 0.25) is 0 Å². The summed E-state index contributed by atoms with van der Waals surface area (Å²) in [6.07, 6.45) is 1.42. The van der Waals surface area contributed by atoms with Gasteiger partial charge in [-0.15, -0.1) is 0 Å². The van der Waals surface area contributed by atoms with Crippen molar-refractivity contribution in [3.8, 4) is 17.4 Å². The number of rotatable bonds is 1. The molecular weight excluding hydrogens is 164 g/mol. The van der Waals surface area contributed by atoms with Gasteiger partial charge in [-0.3, -0.25) is 0 Å². The molecule has 3 nitrogen and oxygen atoms in total. The molecule has 0 amide bonds. The maximum absolute atomic E-state index is 8.72. The van der Waals surface area contributed by atoms with Crippen LogP contribution in [0, 0.1) is 11.3 Å². The van der Waals surface area contributed by atoms with E-state index in [1.54, 1.807) is 0 Å². The Bertz CT molecular complexity index is 439. The number of nitriles is 1. The summed E-state index contributed by atoms with van der Waals surface area (Å²) in [7, 11) is 0. The largest absolute Gasteiger partial charge is 0.355 e. The molecule has 1 aromatic heterocycles. The lowest BCUT2D eigenvalue weighted by atomic mass is 10.1. The van der Waals surface area contributed by atoms with Crippen LogP contribution in [0.2, 0.25) is 0 Å². The second-order valence-electron chi connectivity index (χ2n) is 2.55. The van der Waals surface area contributed by atoms with E-state index >= 15 is 0 Å². The maximum atomic E-state index is 8.72. The summed E-state index contributed by atoms with van der Waals surface area (Å²) in [5.74, 6) is 0.531. The summed E-state index contributed by atoms with van der Waals surface area (Å²) in [6, 6.07) is 11.5. The SMILES string of the molecule is N#Cc1cnoc1-c1ccccc1. The molecule has 0 N–H and O–H groups in total. The first-order chi connectivity index (χ1) is 6.42. The fourth-order valence-corrected chi connectivity index (χ4v) is 1.12. The Labute approximate surface area is 75.2 Å². The van der Waals surface area contributed by atoms with Gasteiger partial charge in [0, 0.05) is 5.56 Å². The quantitative estimate of drug-likeness (QED) is 0.659. The van der Waals surface area contributed by atoms with Crippen LogP contribution >= 0.6 is 0 Å². The number of hydrogen-bond acceptors (Lipinski definition) is 3. The maximum Gasteiger partial charge on any atom is 0.184 e. The highest BCUT2D eigenvalue weighted by Gasteiger charge is 2.08. The molecule has 1 heterocycles. The number of benzene rings is 1. The first-order valence-electron chi connectivity index (χ1n) is 3.82. The van der Waals surface area contributed by atoms with Crippen LogP contribution in [0.4, 0.5) is 0 Å². The molecule has 62 valence electrons. The summed E-state index contributed by atoms with van der Waals surface area (Å²) >= 11 is 0. The van der Waals surface area contributed by atoms with Gasteiger partial charge >= 0.3 is 0 Å². The molecule has 0 aliphatic carbocycles. The molecule has 1 aromatic carbocycles. The zero-order valence-corrected chi connectivity index (χ0v) is 6.77. The van der Waals surface area contributed by atoms with E-state index in [0.29, 0.717) is 11.3 Å². The molecule has 2 rings (SSSR count). The van der Waals surface area contributed by atoms with Crippen LogP contribution in [0.25, 0.3) is 11.3 Å². The van der Waals surface area contributed by atoms with Crippen LogP contribution in [0.5, 0.6) is 0 Å². The molecule has 0 saturated carbocycles. The molecule has 0 aliphatic rings. The van der Waals surface area contributed by atoms with Gasteiger partial charge in [0.05, 0.1) is 6.20 Å². The van der Waals surface area contributed by atoms with Gasteiger partial charge in [0.15, 0.2) is 5.76 Å². The average molecular weight is 170 g/mol. The highest BCUT2D eigenvalue weighted by atomic mass is 16.5. The standard InChI is InChI=1S/C10H6N2O/c11-6-9-7-12-13-10(9)8-4-2-1-3-5-8/h1-5,7H. The lowest BCUT2D eigenvalue weighted by Crippen LogP contribution is -1.76. The molecule has 0 radical (unpaired) electrons. The molecule has 0 aliphatic heterocycles. The molecule has 0 bridgehead atoms. The Morgan fingerprint density at radius 3 is 2.69 bits per heavy atom. The van der Waals surface area contributed by atoms with Crippen LogP contribution < -0.4 is 0 Å². The summed E-state index contributed by atoms with van der Waals surface area (Å²) in [6.45, 7) is 0. The molecule has 0 atom stereocenters. The van der Waals surface area contributed by atoms with Gasteiger partial charge in [0.1, 0.15) is 11.6 Å². The Balaban J connectivity index is 2.54. The van der Waals surface area contributed by atoms with Gasteiger partial charge in [-0.1, -0.05) is 35.5 Å².